The number of hydrogen-bond acceptors (Lipinski definition) is 10. The number of ether oxygens (including phenoxy) is 2. The predicted molar refractivity (Wildman–Crippen MR) is 124 cm³/mol. The lowest BCUT2D eigenvalue weighted by Crippen LogP contribution is -2.11. The molecular weight excluding hydrogens is 464 g/mol. The lowest BCUT2D eigenvalue weighted by Gasteiger charge is -2.07. The summed E-state index contributed by atoms with van der Waals surface area (Å²) >= 11 is 2.44. The van der Waals surface area contributed by atoms with Crippen molar-refractivity contribution in [3.63, 3.8) is 0 Å². The SMILES string of the molecule is COc1ccc(-c2cc(C(=O)Nc3nnc(SCC(=O)c4ccccc4)s3)no2)cc1OC. The standard InChI is InChI=1S/C22H18N4O5S2/c1-29-17-9-8-14(10-19(17)30-2)18-11-15(26-31-18)20(28)23-21-24-25-22(33-21)32-12-16(27)13-6-4-3-5-7-13/h3-11H,12H2,1-2H3,(H,23,24,28). The maximum absolute atomic E-state index is 12.5. The Labute approximate surface area is 197 Å². The van der Waals surface area contributed by atoms with Gasteiger partial charge in [-0.2, -0.15) is 0 Å². The number of Topliss-reactive ketones (excluding diaryl/α,β-unsaturated/α-hetero) is 1. The summed E-state index contributed by atoms with van der Waals surface area (Å²) in [4.78, 5) is 24.8. The number of rotatable bonds is 9. The van der Waals surface area contributed by atoms with E-state index in [0.29, 0.717) is 37.9 Å². The lowest BCUT2D eigenvalue weighted by atomic mass is 10.1. The largest absolute Gasteiger partial charge is 0.493 e. The first-order valence-corrected chi connectivity index (χ1v) is 11.4. The molecule has 2 aromatic carbocycles. The molecule has 9 nitrogen and oxygen atoms in total. The van der Waals surface area contributed by atoms with E-state index in [4.69, 9.17) is 14.0 Å². The maximum atomic E-state index is 12.5. The van der Waals surface area contributed by atoms with Crippen LogP contribution in [0.5, 0.6) is 11.5 Å². The van der Waals surface area contributed by atoms with Crippen LogP contribution in [-0.4, -0.2) is 47.0 Å². The molecule has 0 saturated heterocycles. The second-order valence-electron chi connectivity index (χ2n) is 6.55. The number of hydrogen-bond donors (Lipinski definition) is 1. The molecule has 0 bridgehead atoms. The number of amides is 1. The summed E-state index contributed by atoms with van der Waals surface area (Å²) in [6.45, 7) is 0. The molecule has 4 rings (SSSR count). The first kappa shape index (κ1) is 22.5. The van der Waals surface area contributed by atoms with Gasteiger partial charge in [0.05, 0.1) is 20.0 Å². The predicted octanol–water partition coefficient (Wildman–Crippen LogP) is 4.44. The summed E-state index contributed by atoms with van der Waals surface area (Å²) < 4.78 is 16.4. The van der Waals surface area contributed by atoms with Crippen LogP contribution in [0, 0.1) is 0 Å². The van der Waals surface area contributed by atoms with Crippen molar-refractivity contribution in [3.05, 3.63) is 65.9 Å². The zero-order valence-corrected chi connectivity index (χ0v) is 19.2. The van der Waals surface area contributed by atoms with Gasteiger partial charge in [-0.05, 0) is 18.2 Å². The van der Waals surface area contributed by atoms with Gasteiger partial charge < -0.3 is 14.0 Å². The van der Waals surface area contributed by atoms with Gasteiger partial charge in [0.2, 0.25) is 5.13 Å². The molecule has 2 heterocycles. The average Bonchev–Trinajstić information content (AvgIpc) is 3.52. The van der Waals surface area contributed by atoms with Gasteiger partial charge in [0.25, 0.3) is 5.91 Å². The number of carbonyl (C=O) groups excluding carboxylic acids is 2. The van der Waals surface area contributed by atoms with Crippen molar-refractivity contribution in [3.8, 4) is 22.8 Å². The van der Waals surface area contributed by atoms with Crippen LogP contribution in [0.2, 0.25) is 0 Å². The van der Waals surface area contributed by atoms with Gasteiger partial charge in [0, 0.05) is 17.2 Å². The van der Waals surface area contributed by atoms with E-state index in [1.54, 1.807) is 37.4 Å². The molecule has 168 valence electrons. The minimum atomic E-state index is -0.487. The molecule has 1 N–H and O–H groups in total. The van der Waals surface area contributed by atoms with Gasteiger partial charge in [-0.25, -0.2) is 0 Å². The van der Waals surface area contributed by atoms with Gasteiger partial charge in [-0.3, -0.25) is 14.9 Å². The third-order valence-corrected chi connectivity index (χ3v) is 6.43. The van der Waals surface area contributed by atoms with Crippen LogP contribution < -0.4 is 14.8 Å². The molecule has 0 fully saturated rings. The van der Waals surface area contributed by atoms with Crippen molar-refractivity contribution >= 4 is 39.9 Å². The molecule has 0 aliphatic heterocycles. The highest BCUT2D eigenvalue weighted by molar-refractivity contribution is 8.01. The molecule has 0 aliphatic carbocycles. The lowest BCUT2D eigenvalue weighted by molar-refractivity contribution is 0.101. The van der Waals surface area contributed by atoms with Crippen molar-refractivity contribution in [2.75, 3.05) is 25.3 Å². The fourth-order valence-electron chi connectivity index (χ4n) is 2.82. The van der Waals surface area contributed by atoms with E-state index in [1.165, 1.54) is 36.3 Å². The highest BCUT2D eigenvalue weighted by atomic mass is 32.2. The molecule has 0 radical (unpaired) electrons. The first-order chi connectivity index (χ1) is 16.1. The number of aromatic nitrogens is 3. The number of carbonyl (C=O) groups is 2. The normalized spacial score (nSPS) is 10.6. The Morgan fingerprint density at radius 2 is 1.82 bits per heavy atom. The van der Waals surface area contributed by atoms with E-state index in [0.717, 1.165) is 0 Å². The Kier molecular flexibility index (Phi) is 7.01. The molecule has 4 aromatic rings. The van der Waals surface area contributed by atoms with E-state index < -0.39 is 5.91 Å². The summed E-state index contributed by atoms with van der Waals surface area (Å²) in [6, 6.07) is 15.8. The van der Waals surface area contributed by atoms with Crippen LogP contribution in [0.3, 0.4) is 0 Å². The average molecular weight is 483 g/mol. The summed E-state index contributed by atoms with van der Waals surface area (Å²) in [5.74, 6) is 1.24. The molecular formula is C22H18N4O5S2. The van der Waals surface area contributed by atoms with Crippen molar-refractivity contribution in [2.24, 2.45) is 0 Å². The Morgan fingerprint density at radius 3 is 2.58 bits per heavy atom. The van der Waals surface area contributed by atoms with E-state index in [2.05, 4.69) is 20.7 Å². The summed E-state index contributed by atoms with van der Waals surface area (Å²) in [6.07, 6.45) is 0. The van der Waals surface area contributed by atoms with Crippen molar-refractivity contribution in [2.45, 2.75) is 4.34 Å². The third kappa shape index (κ3) is 5.38. The maximum Gasteiger partial charge on any atom is 0.279 e. The highest BCUT2D eigenvalue weighted by Gasteiger charge is 2.18. The molecule has 0 atom stereocenters. The van der Waals surface area contributed by atoms with Crippen LogP contribution in [0.1, 0.15) is 20.8 Å². The molecule has 11 heteroatoms. The molecule has 2 aromatic heterocycles. The van der Waals surface area contributed by atoms with Crippen LogP contribution in [-0.2, 0) is 0 Å². The van der Waals surface area contributed by atoms with Gasteiger partial charge >= 0.3 is 0 Å². The molecule has 0 saturated carbocycles. The van der Waals surface area contributed by atoms with Gasteiger partial charge in [0.15, 0.2) is 33.1 Å². The molecule has 33 heavy (non-hydrogen) atoms. The van der Waals surface area contributed by atoms with Crippen LogP contribution in [0.25, 0.3) is 11.3 Å². The van der Waals surface area contributed by atoms with E-state index in [-0.39, 0.29) is 17.2 Å². The molecule has 0 unspecified atom stereocenters. The molecule has 0 aliphatic rings. The van der Waals surface area contributed by atoms with E-state index in [1.807, 2.05) is 18.2 Å². The number of nitrogens with one attached hydrogen (secondary N) is 1. The number of ketones is 1. The van der Waals surface area contributed by atoms with E-state index in [9.17, 15) is 9.59 Å². The topological polar surface area (TPSA) is 116 Å². The van der Waals surface area contributed by atoms with Crippen molar-refractivity contribution in [1.29, 1.82) is 0 Å². The van der Waals surface area contributed by atoms with Gasteiger partial charge in [-0.1, -0.05) is 58.6 Å². The first-order valence-electron chi connectivity index (χ1n) is 9.62. The molecule has 0 spiro atoms. The smallest absolute Gasteiger partial charge is 0.279 e. The minimum absolute atomic E-state index is 0.00771. The second kappa shape index (κ2) is 10.3. The number of nitrogens with zero attached hydrogens (tertiary/aromatic N) is 3. The zero-order chi connectivity index (χ0) is 23.2. The minimum Gasteiger partial charge on any atom is -0.493 e. The number of methoxy groups -OCH3 is 2. The van der Waals surface area contributed by atoms with Gasteiger partial charge in [-0.15, -0.1) is 10.2 Å². The quantitative estimate of drug-likeness (QED) is 0.210. The highest BCUT2D eigenvalue weighted by Crippen LogP contribution is 2.32. The van der Waals surface area contributed by atoms with Crippen molar-refractivity contribution in [1.82, 2.24) is 15.4 Å². The Bertz CT molecular complexity index is 1270. The van der Waals surface area contributed by atoms with Crippen LogP contribution >= 0.6 is 23.1 Å². The third-order valence-electron chi connectivity index (χ3n) is 4.46. The second-order valence-corrected chi connectivity index (χ2v) is 8.75. The molecule has 1 amide bonds. The Hall–Kier alpha value is -3.70. The number of benzene rings is 2. The van der Waals surface area contributed by atoms with Gasteiger partial charge in [0.1, 0.15) is 0 Å². The number of thioether (sulfide) groups is 1. The Balaban J connectivity index is 1.37. The van der Waals surface area contributed by atoms with Crippen molar-refractivity contribution < 1.29 is 23.6 Å². The van der Waals surface area contributed by atoms with Crippen LogP contribution in [0.15, 0.2) is 63.5 Å². The zero-order valence-electron chi connectivity index (χ0n) is 17.6. The summed E-state index contributed by atoms with van der Waals surface area (Å²) in [5.41, 5.74) is 1.40. The summed E-state index contributed by atoms with van der Waals surface area (Å²) in [7, 11) is 3.08. The Morgan fingerprint density at radius 1 is 1.03 bits per heavy atom. The monoisotopic (exact) mass is 482 g/mol. The number of anilines is 1. The fourth-order valence-corrected chi connectivity index (χ4v) is 4.46. The fraction of sp³-hybridized carbons (Fsp3) is 0.136. The van der Waals surface area contributed by atoms with E-state index >= 15 is 0 Å². The van der Waals surface area contributed by atoms with Crippen LogP contribution in [0.4, 0.5) is 5.13 Å². The summed E-state index contributed by atoms with van der Waals surface area (Å²) in [5, 5.41) is 14.7.